The van der Waals surface area contributed by atoms with E-state index in [4.69, 9.17) is 0 Å². The molecular weight excluding hydrogens is 396 g/mol. The summed E-state index contributed by atoms with van der Waals surface area (Å²) < 4.78 is 64.8. The van der Waals surface area contributed by atoms with E-state index in [2.05, 4.69) is 5.70 Å². The fourth-order valence-corrected chi connectivity index (χ4v) is 1.61. The minimum absolute atomic E-state index is 0. The van der Waals surface area contributed by atoms with E-state index in [1.54, 1.807) is 0 Å². The fourth-order valence-electron chi connectivity index (χ4n) is 1.04. The van der Waals surface area contributed by atoms with E-state index in [9.17, 15) is 22.0 Å². The van der Waals surface area contributed by atoms with Crippen LogP contribution in [0.3, 0.4) is 0 Å². The second-order valence-electron chi connectivity index (χ2n) is 4.52. The van der Waals surface area contributed by atoms with Crippen molar-refractivity contribution in [1.82, 2.24) is 0 Å². The zero-order valence-electron chi connectivity index (χ0n) is 10.8. The maximum atomic E-state index is 13.2. The molecule has 0 N–H and O–H groups in total. The molecule has 0 saturated carbocycles. The first-order valence-corrected chi connectivity index (χ1v) is 8.27. The molecule has 0 aliphatic heterocycles. The molecule has 0 heterocycles. The third-order valence-corrected chi connectivity index (χ3v) is 2.90. The Balaban J connectivity index is -0.000000963. The van der Waals surface area contributed by atoms with Gasteiger partial charge >= 0.3 is 0 Å². The molecular formula is C11H10Cl2F5GaSi-2. The van der Waals surface area contributed by atoms with Crippen LogP contribution in [-0.2, 0) is 0 Å². The molecule has 0 amide bonds. The second kappa shape index (κ2) is 9.14. The van der Waals surface area contributed by atoms with Crippen LogP contribution >= 0.6 is 0 Å². The maximum absolute atomic E-state index is 13.2. The molecule has 0 aromatic heterocycles. The normalized spacial score (nSPS) is 10.6. The summed E-state index contributed by atoms with van der Waals surface area (Å²) >= 11 is 0. The monoisotopic (exact) mass is 404 g/mol. The molecule has 0 fully saturated rings. The average molecular weight is 406 g/mol. The van der Waals surface area contributed by atoms with Crippen molar-refractivity contribution in [2.75, 3.05) is 0 Å². The van der Waals surface area contributed by atoms with Crippen LogP contribution in [0.2, 0.25) is 19.6 Å². The smallest absolute Gasteiger partial charge is 0.200 e. The predicted molar refractivity (Wildman–Crippen MR) is 63.0 cm³/mol. The number of benzene rings is 1. The van der Waals surface area contributed by atoms with Crippen molar-refractivity contribution in [3.05, 3.63) is 40.3 Å². The average Bonchev–Trinajstić information content (AvgIpc) is 2.22. The zero-order chi connectivity index (χ0) is 13.4. The van der Waals surface area contributed by atoms with Crippen molar-refractivity contribution < 1.29 is 46.8 Å². The van der Waals surface area contributed by atoms with Gasteiger partial charge in [-0.1, -0.05) is 25.3 Å². The largest absolute Gasteiger partial charge is 1.00 e. The van der Waals surface area contributed by atoms with Crippen molar-refractivity contribution in [3.63, 3.8) is 0 Å². The van der Waals surface area contributed by atoms with Gasteiger partial charge in [0.15, 0.2) is 23.3 Å². The molecule has 0 spiro atoms. The third-order valence-electron chi connectivity index (χ3n) is 1.89. The van der Waals surface area contributed by atoms with Crippen LogP contribution in [0, 0.1) is 34.8 Å². The third kappa shape index (κ3) is 5.81. The first-order valence-electron chi connectivity index (χ1n) is 4.77. The molecule has 112 valence electrons. The van der Waals surface area contributed by atoms with Crippen LogP contribution < -0.4 is 24.8 Å². The van der Waals surface area contributed by atoms with Crippen LogP contribution in [0.25, 0.3) is 6.08 Å². The van der Waals surface area contributed by atoms with Gasteiger partial charge in [-0.15, -0.1) is 0 Å². The quantitative estimate of drug-likeness (QED) is 0.225. The van der Waals surface area contributed by atoms with E-state index < -0.39 is 42.7 Å². The summed E-state index contributed by atoms with van der Waals surface area (Å²) in [4.78, 5) is 0. The minimum Gasteiger partial charge on any atom is -1.00 e. The van der Waals surface area contributed by atoms with Gasteiger partial charge < -0.3 is 24.8 Å². The predicted octanol–water partition coefficient (Wildman–Crippen LogP) is -2.30. The van der Waals surface area contributed by atoms with Gasteiger partial charge in [-0.2, -0.15) is 0 Å². The Morgan fingerprint density at radius 2 is 1.05 bits per heavy atom. The number of hydrogen-bond acceptors (Lipinski definition) is 0. The second-order valence-corrected chi connectivity index (χ2v) is 9.31. The Morgan fingerprint density at radius 1 is 0.750 bits per heavy atom. The molecule has 20 heavy (non-hydrogen) atoms. The van der Waals surface area contributed by atoms with Crippen molar-refractivity contribution in [3.8, 4) is 0 Å². The molecule has 0 saturated heterocycles. The first-order chi connectivity index (χ1) is 7.65. The molecule has 0 bridgehead atoms. The Labute approximate surface area is 140 Å². The van der Waals surface area contributed by atoms with E-state index in [1.807, 2.05) is 19.6 Å². The Bertz CT molecular complexity index is 460. The number of rotatable bonds is 2. The molecule has 9 heteroatoms. The summed E-state index contributed by atoms with van der Waals surface area (Å²) in [5, 5.41) is 0. The van der Waals surface area contributed by atoms with Crippen molar-refractivity contribution >= 4 is 33.9 Å². The van der Waals surface area contributed by atoms with Crippen LogP contribution in [0.15, 0.2) is 0 Å². The molecule has 0 aliphatic rings. The van der Waals surface area contributed by atoms with E-state index in [1.165, 1.54) is 0 Å². The van der Waals surface area contributed by atoms with Crippen LogP contribution in [0.1, 0.15) is 5.56 Å². The molecule has 0 aliphatic carbocycles. The number of halogens is 7. The summed E-state index contributed by atoms with van der Waals surface area (Å²) in [5.74, 6) is -9.68. The van der Waals surface area contributed by atoms with Gasteiger partial charge in [0.1, 0.15) is 0 Å². The van der Waals surface area contributed by atoms with Gasteiger partial charge in [0, 0.05) is 19.8 Å². The maximum Gasteiger partial charge on any atom is 0.200 e. The van der Waals surface area contributed by atoms with Crippen LogP contribution in [-0.4, -0.2) is 27.9 Å². The molecule has 0 atom stereocenters. The van der Waals surface area contributed by atoms with E-state index in [0.717, 1.165) is 6.08 Å². The summed E-state index contributed by atoms with van der Waals surface area (Å²) in [7, 11) is -1.91. The number of hydrogen-bond donors (Lipinski definition) is 0. The van der Waals surface area contributed by atoms with Crippen molar-refractivity contribution in [1.29, 1.82) is 0 Å². The van der Waals surface area contributed by atoms with Gasteiger partial charge in [0.25, 0.3) is 0 Å². The SMILES string of the molecule is C[Si](C)(C)[C]=Cc1c(F)c(F)c(F)c(F)c1F.[Cl-].[Cl-].[Ga]. The van der Waals surface area contributed by atoms with Gasteiger partial charge in [-0.3, -0.25) is 0 Å². The molecule has 1 aromatic carbocycles. The van der Waals surface area contributed by atoms with E-state index >= 15 is 0 Å². The van der Waals surface area contributed by atoms with Gasteiger partial charge in [-0.25, -0.2) is 22.0 Å². The zero-order valence-corrected chi connectivity index (χ0v) is 15.7. The van der Waals surface area contributed by atoms with Crippen molar-refractivity contribution in [2.24, 2.45) is 0 Å². The Kier molecular flexibility index (Phi) is 11.4. The Hall–Kier alpha value is 0.0432. The summed E-state index contributed by atoms with van der Waals surface area (Å²) in [6, 6.07) is 0. The standard InChI is InChI=1S/C11H10F5Si.2ClH.Ga/c1-17(2,3)5-4-6-7(12)9(14)11(16)10(15)8(6)13;;;/h4H,1-3H3;2*1H;/p-2. The van der Waals surface area contributed by atoms with Crippen LogP contribution in [0.5, 0.6) is 0 Å². The Morgan fingerprint density at radius 3 is 1.35 bits per heavy atom. The first kappa shape index (κ1) is 25.0. The van der Waals surface area contributed by atoms with E-state index in [-0.39, 0.29) is 44.6 Å². The summed E-state index contributed by atoms with van der Waals surface area (Å²) in [6.45, 7) is 5.45. The molecule has 1 aromatic rings. The molecule has 1 rings (SSSR count). The van der Waals surface area contributed by atoms with Gasteiger partial charge in [0.05, 0.1) is 13.6 Å². The van der Waals surface area contributed by atoms with Crippen molar-refractivity contribution in [2.45, 2.75) is 19.6 Å². The molecule has 0 unspecified atom stereocenters. The fraction of sp³-hybridized carbons (Fsp3) is 0.273. The summed E-state index contributed by atoms with van der Waals surface area (Å²) in [6.07, 6.45) is 0.836. The molecule has 0 nitrogen and oxygen atoms in total. The molecule has 4 radical (unpaired) electrons. The topological polar surface area (TPSA) is 0 Å². The van der Waals surface area contributed by atoms with E-state index in [0.29, 0.717) is 0 Å². The van der Waals surface area contributed by atoms with Crippen LogP contribution in [0.4, 0.5) is 22.0 Å². The van der Waals surface area contributed by atoms with Gasteiger partial charge in [0.2, 0.25) is 5.82 Å². The summed E-state index contributed by atoms with van der Waals surface area (Å²) in [5.41, 5.74) is 1.73. The minimum atomic E-state index is -2.15. The van der Waals surface area contributed by atoms with Gasteiger partial charge in [-0.05, 0) is 6.08 Å².